The Morgan fingerprint density at radius 3 is 2.42 bits per heavy atom. The number of carbonyl (C=O) groups excluding carboxylic acids is 1. The highest BCUT2D eigenvalue weighted by molar-refractivity contribution is 7.89. The van der Waals surface area contributed by atoms with Crippen LogP contribution in [0.4, 0.5) is 4.39 Å². The highest BCUT2D eigenvalue weighted by Crippen LogP contribution is 2.24. The molecule has 0 saturated heterocycles. The van der Waals surface area contributed by atoms with Gasteiger partial charge in [-0.05, 0) is 50.2 Å². The van der Waals surface area contributed by atoms with Gasteiger partial charge in [0.1, 0.15) is 22.5 Å². The van der Waals surface area contributed by atoms with Gasteiger partial charge in [-0.25, -0.2) is 12.8 Å². The summed E-state index contributed by atoms with van der Waals surface area (Å²) in [6, 6.07) is 10.5. The number of hydrogen-bond donors (Lipinski definition) is 1. The van der Waals surface area contributed by atoms with Crippen molar-refractivity contribution in [3.8, 4) is 17.2 Å². The number of methoxy groups -OCH3 is 1. The van der Waals surface area contributed by atoms with Gasteiger partial charge in [-0.2, -0.15) is 4.72 Å². The number of esters is 1. The summed E-state index contributed by atoms with van der Waals surface area (Å²) in [5, 5.41) is 7.79. The van der Waals surface area contributed by atoms with Gasteiger partial charge in [0.05, 0.1) is 7.11 Å². The van der Waals surface area contributed by atoms with E-state index in [2.05, 4.69) is 14.9 Å². The van der Waals surface area contributed by atoms with E-state index in [9.17, 15) is 17.6 Å². The maximum Gasteiger partial charge on any atom is 0.324 e. The molecule has 0 bridgehead atoms. The Morgan fingerprint density at radius 1 is 1.10 bits per heavy atom. The number of nitrogens with one attached hydrogen (secondary N) is 1. The smallest absolute Gasteiger partial charge is 0.324 e. The molecule has 0 saturated carbocycles. The Balaban J connectivity index is 1.65. The summed E-state index contributed by atoms with van der Waals surface area (Å²) in [5.74, 6) is -0.910. The molecule has 2 atom stereocenters. The Kier molecular flexibility index (Phi) is 6.66. The van der Waals surface area contributed by atoms with Crippen LogP contribution in [-0.2, 0) is 19.6 Å². The number of carbonyl (C=O) groups is 1. The van der Waals surface area contributed by atoms with E-state index >= 15 is 0 Å². The maximum atomic E-state index is 13.8. The lowest BCUT2D eigenvalue weighted by molar-refractivity contribution is -0.151. The third kappa shape index (κ3) is 5.25. The van der Waals surface area contributed by atoms with Crippen LogP contribution < -0.4 is 9.46 Å². The predicted molar refractivity (Wildman–Crippen MR) is 107 cm³/mol. The van der Waals surface area contributed by atoms with Crippen LogP contribution in [0.25, 0.3) is 11.5 Å². The van der Waals surface area contributed by atoms with E-state index in [4.69, 9.17) is 13.9 Å². The number of rotatable bonds is 8. The summed E-state index contributed by atoms with van der Waals surface area (Å²) in [6.07, 6.45) is -0.938. The average Bonchev–Trinajstić information content (AvgIpc) is 3.24. The summed E-state index contributed by atoms with van der Waals surface area (Å²) in [7, 11) is -2.71. The van der Waals surface area contributed by atoms with Gasteiger partial charge in [-0.1, -0.05) is 12.1 Å². The second-order valence-electron chi connectivity index (χ2n) is 6.53. The first-order chi connectivity index (χ1) is 14.7. The lowest BCUT2D eigenvalue weighted by Gasteiger charge is -2.16. The molecule has 164 valence electrons. The highest BCUT2D eigenvalue weighted by atomic mass is 32.2. The average molecular weight is 449 g/mol. The Hall–Kier alpha value is -3.31. The van der Waals surface area contributed by atoms with Gasteiger partial charge in [0.25, 0.3) is 5.89 Å². The van der Waals surface area contributed by atoms with E-state index in [1.165, 1.54) is 26.0 Å². The van der Waals surface area contributed by atoms with Crippen molar-refractivity contribution in [1.82, 2.24) is 14.9 Å². The molecule has 0 aliphatic rings. The molecule has 3 aromatic rings. The van der Waals surface area contributed by atoms with Crippen molar-refractivity contribution in [2.75, 3.05) is 7.11 Å². The molecule has 0 spiro atoms. The zero-order valence-corrected chi connectivity index (χ0v) is 17.7. The van der Waals surface area contributed by atoms with Crippen molar-refractivity contribution in [2.24, 2.45) is 0 Å². The van der Waals surface area contributed by atoms with Crippen molar-refractivity contribution in [3.05, 3.63) is 60.2 Å². The van der Waals surface area contributed by atoms with Crippen LogP contribution in [0.3, 0.4) is 0 Å². The number of benzene rings is 2. The summed E-state index contributed by atoms with van der Waals surface area (Å²) in [5.41, 5.74) is 0.643. The fourth-order valence-corrected chi connectivity index (χ4v) is 3.85. The van der Waals surface area contributed by atoms with Crippen LogP contribution >= 0.6 is 0 Å². The quantitative estimate of drug-likeness (QED) is 0.521. The maximum absolute atomic E-state index is 13.8. The number of nitrogens with zero attached hydrogens (tertiary/aromatic N) is 2. The summed E-state index contributed by atoms with van der Waals surface area (Å²) < 4.78 is 56.4. The van der Waals surface area contributed by atoms with Crippen LogP contribution in [0, 0.1) is 5.82 Å². The lowest BCUT2D eigenvalue weighted by atomic mass is 10.2. The normalized spacial score (nSPS) is 13.4. The first-order valence-corrected chi connectivity index (χ1v) is 10.6. The van der Waals surface area contributed by atoms with Gasteiger partial charge >= 0.3 is 5.97 Å². The number of halogens is 1. The Labute approximate surface area is 178 Å². The molecule has 9 nitrogen and oxygen atoms in total. The van der Waals surface area contributed by atoms with Crippen molar-refractivity contribution < 1.29 is 31.5 Å². The molecule has 3 rings (SSSR count). The van der Waals surface area contributed by atoms with E-state index < -0.39 is 38.9 Å². The number of sulfonamides is 1. The molecule has 1 N–H and O–H groups in total. The first kappa shape index (κ1) is 22.4. The topological polar surface area (TPSA) is 121 Å². The van der Waals surface area contributed by atoms with E-state index in [1.807, 2.05) is 0 Å². The standard InChI is InChI=1S/C20H20FN3O6S/c1-12(24-31(26,27)17-7-5-4-6-16(17)21)20(25)29-13(2)18-22-23-19(30-18)14-8-10-15(28-3)11-9-14/h4-13,24H,1-3H3/t12-,13-/m1/s1. The Morgan fingerprint density at radius 2 is 1.77 bits per heavy atom. The molecular weight excluding hydrogens is 429 g/mol. The summed E-state index contributed by atoms with van der Waals surface area (Å²) in [6.45, 7) is 2.78. The Bertz CT molecular complexity index is 1160. The molecule has 11 heteroatoms. The molecule has 0 radical (unpaired) electrons. The molecular formula is C20H20FN3O6S. The van der Waals surface area contributed by atoms with E-state index in [-0.39, 0.29) is 11.8 Å². The second kappa shape index (κ2) is 9.23. The van der Waals surface area contributed by atoms with Crippen molar-refractivity contribution in [2.45, 2.75) is 30.9 Å². The first-order valence-electron chi connectivity index (χ1n) is 9.16. The number of hydrogen-bond acceptors (Lipinski definition) is 8. The van der Waals surface area contributed by atoms with Crippen molar-refractivity contribution >= 4 is 16.0 Å². The molecule has 0 aliphatic carbocycles. The second-order valence-corrected chi connectivity index (χ2v) is 8.21. The lowest BCUT2D eigenvalue weighted by Crippen LogP contribution is -2.40. The van der Waals surface area contributed by atoms with Crippen LogP contribution in [-0.4, -0.2) is 37.7 Å². The monoisotopic (exact) mass is 449 g/mol. The SMILES string of the molecule is COc1ccc(-c2nnc([C@@H](C)OC(=O)[C@@H](C)NS(=O)(=O)c3ccccc3F)o2)cc1. The zero-order valence-electron chi connectivity index (χ0n) is 16.9. The van der Waals surface area contributed by atoms with Gasteiger partial charge in [-0.3, -0.25) is 4.79 Å². The molecule has 0 aliphatic heterocycles. The van der Waals surface area contributed by atoms with Crippen molar-refractivity contribution in [3.63, 3.8) is 0 Å². The predicted octanol–water partition coefficient (Wildman–Crippen LogP) is 2.86. The molecule has 1 aromatic heterocycles. The minimum Gasteiger partial charge on any atom is -0.497 e. The minimum absolute atomic E-state index is 0.0309. The van der Waals surface area contributed by atoms with E-state index in [1.54, 1.807) is 31.4 Å². The molecule has 2 aromatic carbocycles. The molecule has 1 heterocycles. The van der Waals surface area contributed by atoms with E-state index in [0.29, 0.717) is 11.3 Å². The molecule has 0 unspecified atom stereocenters. The third-order valence-electron chi connectivity index (χ3n) is 4.23. The van der Waals surface area contributed by atoms with Crippen molar-refractivity contribution in [1.29, 1.82) is 0 Å². The summed E-state index contributed by atoms with van der Waals surface area (Å²) in [4.78, 5) is 11.8. The summed E-state index contributed by atoms with van der Waals surface area (Å²) >= 11 is 0. The minimum atomic E-state index is -4.26. The van der Waals surface area contributed by atoms with Crippen LogP contribution in [0.1, 0.15) is 25.8 Å². The molecule has 0 amide bonds. The fraction of sp³-hybridized carbons (Fsp3) is 0.250. The van der Waals surface area contributed by atoms with Crippen LogP contribution in [0.15, 0.2) is 57.8 Å². The molecule has 0 fully saturated rings. The van der Waals surface area contributed by atoms with Gasteiger partial charge < -0.3 is 13.9 Å². The van der Waals surface area contributed by atoms with Crippen LogP contribution in [0.5, 0.6) is 5.75 Å². The molecule has 31 heavy (non-hydrogen) atoms. The zero-order chi connectivity index (χ0) is 22.6. The largest absolute Gasteiger partial charge is 0.497 e. The van der Waals surface area contributed by atoms with Gasteiger partial charge in [0, 0.05) is 5.56 Å². The highest BCUT2D eigenvalue weighted by Gasteiger charge is 2.28. The van der Waals surface area contributed by atoms with Gasteiger partial charge in [0.15, 0.2) is 6.10 Å². The van der Waals surface area contributed by atoms with Gasteiger partial charge in [0.2, 0.25) is 15.9 Å². The van der Waals surface area contributed by atoms with Gasteiger partial charge in [-0.15, -0.1) is 10.2 Å². The number of aromatic nitrogens is 2. The fourth-order valence-electron chi connectivity index (χ4n) is 2.58. The third-order valence-corrected chi connectivity index (χ3v) is 5.80. The van der Waals surface area contributed by atoms with E-state index in [0.717, 1.165) is 12.1 Å². The number of ether oxygens (including phenoxy) is 2. The van der Waals surface area contributed by atoms with Crippen LogP contribution in [0.2, 0.25) is 0 Å².